The lowest BCUT2D eigenvalue weighted by Gasteiger charge is -2.18. The Kier molecular flexibility index (Phi) is 5.97. The smallest absolute Gasteiger partial charge is 0.320 e. The molecule has 0 aromatic heterocycles. The number of nitrogens with zero attached hydrogens (tertiary/aromatic N) is 2. The third-order valence-electron chi connectivity index (χ3n) is 2.87. The number of hydrogen-bond acceptors (Lipinski definition) is 4. The second-order valence-electron chi connectivity index (χ2n) is 4.45. The van der Waals surface area contributed by atoms with E-state index < -0.39 is 0 Å². The van der Waals surface area contributed by atoms with Gasteiger partial charge in [-0.15, -0.1) is 0 Å². The van der Waals surface area contributed by atoms with Gasteiger partial charge in [-0.25, -0.2) is 0 Å². The summed E-state index contributed by atoms with van der Waals surface area (Å²) in [6, 6.07) is 0. The van der Waals surface area contributed by atoms with Gasteiger partial charge in [0.05, 0.1) is 19.7 Å². The first kappa shape index (κ1) is 14.0. The lowest BCUT2D eigenvalue weighted by Crippen LogP contribution is -2.37. The fourth-order valence-corrected chi connectivity index (χ4v) is 1.74. The number of carbonyl (C=O) groups is 2. The van der Waals surface area contributed by atoms with Gasteiger partial charge in [-0.3, -0.25) is 14.5 Å². The van der Waals surface area contributed by atoms with Crippen molar-refractivity contribution >= 4 is 11.9 Å². The van der Waals surface area contributed by atoms with Crippen molar-refractivity contribution in [1.82, 2.24) is 9.80 Å². The number of esters is 1. The SMILES string of the molecule is CCCCOC(=O)CN1CCCN(C)C(=O)C1. The third kappa shape index (κ3) is 5.17. The van der Waals surface area contributed by atoms with Crippen LogP contribution in [0.15, 0.2) is 0 Å². The van der Waals surface area contributed by atoms with Crippen molar-refractivity contribution in [1.29, 1.82) is 0 Å². The molecule has 0 atom stereocenters. The van der Waals surface area contributed by atoms with Gasteiger partial charge in [0.2, 0.25) is 5.91 Å². The first-order valence-electron chi connectivity index (χ1n) is 6.25. The van der Waals surface area contributed by atoms with Crippen molar-refractivity contribution in [2.45, 2.75) is 26.2 Å². The van der Waals surface area contributed by atoms with Crippen LogP contribution in [-0.2, 0) is 14.3 Å². The van der Waals surface area contributed by atoms with Crippen LogP contribution in [0.4, 0.5) is 0 Å². The zero-order chi connectivity index (χ0) is 12.7. The van der Waals surface area contributed by atoms with Gasteiger partial charge in [0.25, 0.3) is 0 Å². The number of carbonyl (C=O) groups excluding carboxylic acids is 2. The highest BCUT2D eigenvalue weighted by atomic mass is 16.5. The predicted molar refractivity (Wildman–Crippen MR) is 64.6 cm³/mol. The highest BCUT2D eigenvalue weighted by molar-refractivity contribution is 5.79. The van der Waals surface area contributed by atoms with E-state index in [2.05, 4.69) is 6.92 Å². The van der Waals surface area contributed by atoms with Gasteiger partial charge in [0.15, 0.2) is 0 Å². The van der Waals surface area contributed by atoms with Crippen molar-refractivity contribution in [2.24, 2.45) is 0 Å². The topological polar surface area (TPSA) is 49.9 Å². The van der Waals surface area contributed by atoms with Crippen molar-refractivity contribution < 1.29 is 14.3 Å². The molecule has 0 spiro atoms. The van der Waals surface area contributed by atoms with Crippen LogP contribution in [0.3, 0.4) is 0 Å². The average Bonchev–Trinajstić information content (AvgIpc) is 2.42. The second-order valence-corrected chi connectivity index (χ2v) is 4.45. The van der Waals surface area contributed by atoms with E-state index in [-0.39, 0.29) is 18.4 Å². The van der Waals surface area contributed by atoms with Crippen molar-refractivity contribution in [3.05, 3.63) is 0 Å². The molecule has 1 aliphatic heterocycles. The monoisotopic (exact) mass is 242 g/mol. The Balaban J connectivity index is 2.30. The van der Waals surface area contributed by atoms with E-state index in [4.69, 9.17) is 4.74 Å². The maximum atomic E-state index is 11.6. The number of rotatable bonds is 5. The fourth-order valence-electron chi connectivity index (χ4n) is 1.74. The Morgan fingerprint density at radius 2 is 2.18 bits per heavy atom. The first-order chi connectivity index (χ1) is 8.13. The summed E-state index contributed by atoms with van der Waals surface area (Å²) in [6.45, 7) is 4.62. The van der Waals surface area contributed by atoms with Crippen LogP contribution in [-0.4, -0.2) is 61.5 Å². The van der Waals surface area contributed by atoms with Gasteiger partial charge < -0.3 is 9.64 Å². The minimum atomic E-state index is -0.226. The van der Waals surface area contributed by atoms with Crippen LogP contribution in [0.5, 0.6) is 0 Å². The van der Waals surface area contributed by atoms with E-state index in [1.807, 2.05) is 4.90 Å². The minimum absolute atomic E-state index is 0.0730. The van der Waals surface area contributed by atoms with Crippen LogP contribution in [0.1, 0.15) is 26.2 Å². The van der Waals surface area contributed by atoms with Gasteiger partial charge in [0, 0.05) is 20.1 Å². The molecule has 98 valence electrons. The quantitative estimate of drug-likeness (QED) is 0.520. The van der Waals surface area contributed by atoms with Crippen LogP contribution < -0.4 is 0 Å². The van der Waals surface area contributed by atoms with Crippen LogP contribution in [0, 0.1) is 0 Å². The lowest BCUT2D eigenvalue weighted by atomic mass is 10.3. The molecule has 0 aromatic carbocycles. The number of unbranched alkanes of at least 4 members (excludes halogenated alkanes) is 1. The summed E-state index contributed by atoms with van der Waals surface area (Å²) in [6.07, 6.45) is 2.82. The Morgan fingerprint density at radius 3 is 2.88 bits per heavy atom. The highest BCUT2D eigenvalue weighted by Gasteiger charge is 2.20. The van der Waals surface area contributed by atoms with Gasteiger partial charge in [0.1, 0.15) is 0 Å². The molecule has 1 fully saturated rings. The second kappa shape index (κ2) is 7.27. The molecule has 5 nitrogen and oxygen atoms in total. The lowest BCUT2D eigenvalue weighted by molar-refractivity contribution is -0.145. The van der Waals surface area contributed by atoms with E-state index in [0.717, 1.165) is 32.4 Å². The molecule has 1 rings (SSSR count). The Morgan fingerprint density at radius 1 is 1.41 bits per heavy atom. The molecular weight excluding hydrogens is 220 g/mol. The molecule has 0 bridgehead atoms. The standard InChI is InChI=1S/C12H22N2O3/c1-3-4-8-17-12(16)10-14-7-5-6-13(2)11(15)9-14/h3-10H2,1-2H3. The summed E-state index contributed by atoms with van der Waals surface area (Å²) in [5.74, 6) is -0.153. The van der Waals surface area contributed by atoms with Crippen molar-refractivity contribution in [2.75, 3.05) is 39.8 Å². The Bertz CT molecular complexity index is 268. The zero-order valence-corrected chi connectivity index (χ0v) is 10.8. The highest BCUT2D eigenvalue weighted by Crippen LogP contribution is 2.02. The number of amides is 1. The molecule has 0 aromatic rings. The van der Waals surface area contributed by atoms with E-state index >= 15 is 0 Å². The fraction of sp³-hybridized carbons (Fsp3) is 0.833. The molecule has 1 heterocycles. The molecule has 17 heavy (non-hydrogen) atoms. The molecule has 1 amide bonds. The van der Waals surface area contributed by atoms with Crippen LogP contribution in [0.2, 0.25) is 0 Å². The number of likely N-dealkylation sites (N-methyl/N-ethyl adjacent to an activating group) is 1. The summed E-state index contributed by atoms with van der Waals surface area (Å²) < 4.78 is 5.08. The molecule has 0 saturated carbocycles. The average molecular weight is 242 g/mol. The zero-order valence-electron chi connectivity index (χ0n) is 10.8. The summed E-state index contributed by atoms with van der Waals surface area (Å²) in [4.78, 5) is 26.7. The van der Waals surface area contributed by atoms with Gasteiger partial charge in [-0.05, 0) is 12.8 Å². The first-order valence-corrected chi connectivity index (χ1v) is 6.25. The van der Waals surface area contributed by atoms with Crippen LogP contribution in [0.25, 0.3) is 0 Å². The molecule has 5 heteroatoms. The summed E-state index contributed by atoms with van der Waals surface area (Å²) in [5, 5.41) is 0. The number of ether oxygens (including phenoxy) is 1. The minimum Gasteiger partial charge on any atom is -0.465 e. The maximum absolute atomic E-state index is 11.6. The molecular formula is C12H22N2O3. The molecule has 0 N–H and O–H groups in total. The largest absolute Gasteiger partial charge is 0.465 e. The Hall–Kier alpha value is -1.10. The molecule has 0 aliphatic carbocycles. The summed E-state index contributed by atoms with van der Waals surface area (Å²) in [7, 11) is 1.80. The van der Waals surface area contributed by atoms with Crippen molar-refractivity contribution in [3.8, 4) is 0 Å². The van der Waals surface area contributed by atoms with E-state index in [9.17, 15) is 9.59 Å². The predicted octanol–water partition coefficient (Wildman–Crippen LogP) is 0.494. The Labute approximate surface area is 103 Å². The van der Waals surface area contributed by atoms with Gasteiger partial charge in [-0.2, -0.15) is 0 Å². The van der Waals surface area contributed by atoms with Crippen molar-refractivity contribution in [3.63, 3.8) is 0 Å². The van der Waals surface area contributed by atoms with Crippen LogP contribution >= 0.6 is 0 Å². The van der Waals surface area contributed by atoms with E-state index in [0.29, 0.717) is 13.2 Å². The molecule has 0 unspecified atom stereocenters. The molecule has 1 aliphatic rings. The summed E-state index contributed by atoms with van der Waals surface area (Å²) >= 11 is 0. The van der Waals surface area contributed by atoms with Gasteiger partial charge in [-0.1, -0.05) is 13.3 Å². The molecule has 1 saturated heterocycles. The normalized spacial score (nSPS) is 18.0. The molecule has 0 radical (unpaired) electrons. The summed E-state index contributed by atoms with van der Waals surface area (Å²) in [5.41, 5.74) is 0. The van der Waals surface area contributed by atoms with Gasteiger partial charge >= 0.3 is 5.97 Å². The van der Waals surface area contributed by atoms with E-state index in [1.54, 1.807) is 11.9 Å². The third-order valence-corrected chi connectivity index (χ3v) is 2.87. The number of hydrogen-bond donors (Lipinski definition) is 0. The maximum Gasteiger partial charge on any atom is 0.320 e. The van der Waals surface area contributed by atoms with E-state index in [1.165, 1.54) is 0 Å².